The van der Waals surface area contributed by atoms with Crippen LogP contribution < -0.4 is 0 Å². The van der Waals surface area contributed by atoms with E-state index < -0.39 is 11.5 Å². The Bertz CT molecular complexity index is 188. The maximum Gasteiger partial charge on any atom is 0.313 e. The molecule has 0 saturated heterocycles. The number of hydrogen-bond donors (Lipinski definition) is 1. The summed E-state index contributed by atoms with van der Waals surface area (Å²) in [6, 6.07) is 0. The van der Waals surface area contributed by atoms with Crippen LogP contribution in [0.3, 0.4) is 0 Å². The Kier molecular flexibility index (Phi) is 5.52. The summed E-state index contributed by atoms with van der Waals surface area (Å²) < 4.78 is 4.67. The maximum absolute atomic E-state index is 11.4. The fourth-order valence-corrected chi connectivity index (χ4v) is 2.30. The first-order valence-electron chi connectivity index (χ1n) is 4.71. The van der Waals surface area contributed by atoms with Crippen LogP contribution in [-0.4, -0.2) is 35.8 Å². The lowest BCUT2D eigenvalue weighted by atomic mass is 9.84. The summed E-state index contributed by atoms with van der Waals surface area (Å²) in [7, 11) is 1.34. The molecule has 0 aliphatic rings. The maximum atomic E-state index is 11.4. The summed E-state index contributed by atoms with van der Waals surface area (Å²) >= 11 is 1.58. The molecule has 0 unspecified atom stereocenters. The van der Waals surface area contributed by atoms with Crippen molar-refractivity contribution in [2.45, 2.75) is 38.5 Å². The van der Waals surface area contributed by atoms with Gasteiger partial charge in [0.25, 0.3) is 0 Å². The molecule has 0 aliphatic heterocycles. The lowest BCUT2D eigenvalue weighted by molar-refractivity contribution is -0.157. The van der Waals surface area contributed by atoms with E-state index in [4.69, 9.17) is 0 Å². The molecule has 4 heteroatoms. The molecule has 0 radical (unpaired) electrons. The third-order valence-corrected chi connectivity index (χ3v) is 3.70. The van der Waals surface area contributed by atoms with E-state index in [0.717, 1.165) is 6.42 Å². The zero-order valence-corrected chi connectivity index (χ0v) is 10.4. The number of hydrogen-bond acceptors (Lipinski definition) is 4. The molecule has 0 bridgehead atoms. The normalized spacial score (nSPS) is 16.1. The van der Waals surface area contributed by atoms with Gasteiger partial charge in [-0.2, -0.15) is 11.8 Å². The number of rotatable bonds is 5. The van der Waals surface area contributed by atoms with Gasteiger partial charge in [-0.25, -0.2) is 0 Å². The minimum Gasteiger partial charge on any atom is -0.469 e. The SMILES string of the molecule is CC[C@@H](SC)[C@H](O)C(C)(C)C(=O)OC. The minimum absolute atomic E-state index is 0.0732. The van der Waals surface area contributed by atoms with Crippen LogP contribution in [0.1, 0.15) is 27.2 Å². The summed E-state index contributed by atoms with van der Waals surface area (Å²) in [6.45, 7) is 5.42. The van der Waals surface area contributed by atoms with Crippen LogP contribution in [0.4, 0.5) is 0 Å². The lowest BCUT2D eigenvalue weighted by Gasteiger charge is -2.32. The Morgan fingerprint density at radius 2 is 2.07 bits per heavy atom. The Labute approximate surface area is 90.2 Å². The van der Waals surface area contributed by atoms with Gasteiger partial charge in [0.2, 0.25) is 0 Å². The van der Waals surface area contributed by atoms with Gasteiger partial charge in [0, 0.05) is 5.25 Å². The molecule has 0 heterocycles. The third-order valence-electron chi connectivity index (χ3n) is 2.51. The van der Waals surface area contributed by atoms with Crippen LogP contribution in [0.15, 0.2) is 0 Å². The average molecular weight is 220 g/mol. The second-order valence-corrected chi connectivity index (χ2v) is 4.92. The molecular weight excluding hydrogens is 200 g/mol. The first-order valence-corrected chi connectivity index (χ1v) is 5.99. The van der Waals surface area contributed by atoms with Gasteiger partial charge >= 0.3 is 5.97 Å². The molecular formula is C10H20O3S. The van der Waals surface area contributed by atoms with Gasteiger partial charge in [-0.15, -0.1) is 0 Å². The largest absolute Gasteiger partial charge is 0.469 e. The van der Waals surface area contributed by atoms with E-state index in [1.54, 1.807) is 25.6 Å². The van der Waals surface area contributed by atoms with Gasteiger partial charge < -0.3 is 9.84 Å². The molecule has 2 atom stereocenters. The predicted octanol–water partition coefficient (Wildman–Crippen LogP) is 1.69. The van der Waals surface area contributed by atoms with E-state index in [1.165, 1.54) is 7.11 Å². The van der Waals surface area contributed by atoms with Crippen molar-refractivity contribution in [3.8, 4) is 0 Å². The van der Waals surface area contributed by atoms with E-state index >= 15 is 0 Å². The number of methoxy groups -OCH3 is 1. The summed E-state index contributed by atoms with van der Waals surface area (Å²) in [4.78, 5) is 11.4. The number of aliphatic hydroxyl groups excluding tert-OH is 1. The molecule has 3 nitrogen and oxygen atoms in total. The van der Waals surface area contributed by atoms with Crippen molar-refractivity contribution in [3.05, 3.63) is 0 Å². The topological polar surface area (TPSA) is 46.5 Å². The monoisotopic (exact) mass is 220 g/mol. The molecule has 0 aromatic heterocycles. The highest BCUT2D eigenvalue weighted by atomic mass is 32.2. The third kappa shape index (κ3) is 2.89. The van der Waals surface area contributed by atoms with Crippen LogP contribution >= 0.6 is 11.8 Å². The molecule has 84 valence electrons. The van der Waals surface area contributed by atoms with Gasteiger partial charge in [0.15, 0.2) is 0 Å². The van der Waals surface area contributed by atoms with Gasteiger partial charge in [-0.1, -0.05) is 6.92 Å². The minimum atomic E-state index is -0.835. The highest BCUT2D eigenvalue weighted by Crippen LogP contribution is 2.30. The van der Waals surface area contributed by atoms with Crippen LogP contribution in [0.2, 0.25) is 0 Å². The smallest absolute Gasteiger partial charge is 0.313 e. The predicted molar refractivity (Wildman–Crippen MR) is 59.4 cm³/mol. The van der Waals surface area contributed by atoms with Crippen LogP contribution in [0, 0.1) is 5.41 Å². The van der Waals surface area contributed by atoms with Crippen molar-refractivity contribution in [2.24, 2.45) is 5.41 Å². The molecule has 0 aromatic rings. The zero-order valence-electron chi connectivity index (χ0n) is 9.53. The Morgan fingerprint density at radius 1 is 1.57 bits per heavy atom. The van der Waals surface area contributed by atoms with Crippen LogP contribution in [-0.2, 0) is 9.53 Å². The molecule has 0 saturated carbocycles. The Morgan fingerprint density at radius 3 is 2.36 bits per heavy atom. The highest BCUT2D eigenvalue weighted by molar-refractivity contribution is 7.99. The van der Waals surface area contributed by atoms with Gasteiger partial charge in [-0.05, 0) is 26.5 Å². The van der Waals surface area contributed by atoms with Gasteiger partial charge in [0.05, 0.1) is 18.6 Å². The van der Waals surface area contributed by atoms with E-state index in [2.05, 4.69) is 4.74 Å². The number of thioether (sulfide) groups is 1. The van der Waals surface area contributed by atoms with Crippen molar-refractivity contribution in [1.29, 1.82) is 0 Å². The molecule has 0 fully saturated rings. The second-order valence-electron chi connectivity index (χ2n) is 3.84. The van der Waals surface area contributed by atoms with Crippen molar-refractivity contribution in [1.82, 2.24) is 0 Å². The zero-order chi connectivity index (χ0) is 11.4. The van der Waals surface area contributed by atoms with Crippen LogP contribution in [0.25, 0.3) is 0 Å². The fourth-order valence-electron chi connectivity index (χ4n) is 1.37. The molecule has 0 spiro atoms. The summed E-state index contributed by atoms with van der Waals surface area (Å²) in [5.74, 6) is -0.363. The Hall–Kier alpha value is -0.220. The molecule has 0 aliphatic carbocycles. The fraction of sp³-hybridized carbons (Fsp3) is 0.900. The van der Waals surface area contributed by atoms with Crippen molar-refractivity contribution < 1.29 is 14.6 Å². The lowest BCUT2D eigenvalue weighted by Crippen LogP contribution is -2.43. The molecule has 0 aromatic carbocycles. The van der Waals surface area contributed by atoms with Gasteiger partial charge in [-0.3, -0.25) is 4.79 Å². The van der Waals surface area contributed by atoms with Gasteiger partial charge in [0.1, 0.15) is 0 Å². The first-order chi connectivity index (χ1) is 6.41. The van der Waals surface area contributed by atoms with E-state index in [1.807, 2.05) is 13.2 Å². The summed E-state index contributed by atoms with van der Waals surface area (Å²) in [5.41, 5.74) is -0.835. The highest BCUT2D eigenvalue weighted by Gasteiger charge is 2.40. The number of esters is 1. The van der Waals surface area contributed by atoms with Crippen molar-refractivity contribution in [2.75, 3.05) is 13.4 Å². The first kappa shape index (κ1) is 13.8. The number of aliphatic hydroxyl groups is 1. The Balaban J connectivity index is 4.62. The average Bonchev–Trinajstić information content (AvgIpc) is 2.18. The molecule has 0 amide bonds. The van der Waals surface area contributed by atoms with E-state index in [0.29, 0.717) is 0 Å². The quantitative estimate of drug-likeness (QED) is 0.716. The number of carbonyl (C=O) groups is 1. The standard InChI is InChI=1S/C10H20O3S/c1-6-7(14-5)8(11)10(2,3)9(12)13-4/h7-8,11H,6H2,1-5H3/t7-,8+/m1/s1. The van der Waals surface area contributed by atoms with Crippen LogP contribution in [0.5, 0.6) is 0 Å². The second kappa shape index (κ2) is 5.61. The molecule has 1 N–H and O–H groups in total. The van der Waals surface area contributed by atoms with E-state index in [9.17, 15) is 9.90 Å². The number of ether oxygens (including phenoxy) is 1. The summed E-state index contributed by atoms with van der Waals surface area (Å²) in [5, 5.41) is 10.1. The summed E-state index contributed by atoms with van der Waals surface area (Å²) in [6.07, 6.45) is 2.10. The molecule has 14 heavy (non-hydrogen) atoms. The van der Waals surface area contributed by atoms with Crippen molar-refractivity contribution in [3.63, 3.8) is 0 Å². The van der Waals surface area contributed by atoms with Crippen molar-refractivity contribution >= 4 is 17.7 Å². The molecule has 0 rings (SSSR count). The van der Waals surface area contributed by atoms with E-state index in [-0.39, 0.29) is 11.2 Å². The number of carbonyl (C=O) groups excluding carboxylic acids is 1.